The summed E-state index contributed by atoms with van der Waals surface area (Å²) in [5.41, 5.74) is 2.09. The number of nitrogens with one attached hydrogen (secondary N) is 1. The zero-order chi connectivity index (χ0) is 28.9. The Morgan fingerprint density at radius 2 is 1.52 bits per heavy atom. The van der Waals surface area contributed by atoms with Gasteiger partial charge in [0.1, 0.15) is 22.8 Å². The molecular formula is C26H22F6N4O4. The number of aromatic nitrogens is 3. The molecule has 2 N–H and O–H groups in total. The van der Waals surface area contributed by atoms with Crippen LogP contribution in [0.2, 0.25) is 0 Å². The van der Waals surface area contributed by atoms with E-state index in [-0.39, 0.29) is 25.1 Å². The second kappa shape index (κ2) is 11.8. The lowest BCUT2D eigenvalue weighted by atomic mass is 10.1. The fourth-order valence-electron chi connectivity index (χ4n) is 3.97. The van der Waals surface area contributed by atoms with E-state index < -0.39 is 37.0 Å². The van der Waals surface area contributed by atoms with Gasteiger partial charge in [-0.05, 0) is 47.5 Å². The fraction of sp³-hybridized carbons (Fsp3) is 0.269. The van der Waals surface area contributed by atoms with E-state index in [0.717, 1.165) is 12.1 Å². The third kappa shape index (κ3) is 7.85. The average Bonchev–Trinajstić information content (AvgIpc) is 3.23. The summed E-state index contributed by atoms with van der Waals surface area (Å²) >= 11 is 0. The van der Waals surface area contributed by atoms with E-state index in [4.69, 9.17) is 0 Å². The molecule has 14 heteroatoms. The van der Waals surface area contributed by atoms with Gasteiger partial charge in [-0.1, -0.05) is 24.3 Å². The van der Waals surface area contributed by atoms with Gasteiger partial charge in [0.25, 0.3) is 0 Å². The van der Waals surface area contributed by atoms with Gasteiger partial charge in [-0.15, -0.1) is 26.3 Å². The minimum Gasteiger partial charge on any atom is -0.406 e. The molecule has 40 heavy (non-hydrogen) atoms. The van der Waals surface area contributed by atoms with Gasteiger partial charge >= 0.3 is 12.7 Å². The SMILES string of the molecule is O=C(CCc1nc2cccnc2n1Cc1ccc(OC(F)(F)F)cc1)NC(CO)c1ccc(OC(F)(F)F)cc1. The number of halogens is 6. The standard InChI is InChI=1S/C26H22F6N4O4/c27-25(28,29)39-18-7-3-16(4-8-18)14-36-22(34-20-2-1-13-33-24(20)36)11-12-23(38)35-21(15-37)17-5-9-19(10-6-17)40-26(30,31)32/h1-10,13,21,37H,11-12,14-15H2,(H,35,38). The van der Waals surface area contributed by atoms with Crippen molar-refractivity contribution in [2.45, 2.75) is 38.2 Å². The maximum atomic E-state index is 12.7. The van der Waals surface area contributed by atoms with Gasteiger partial charge in [-0.2, -0.15) is 0 Å². The van der Waals surface area contributed by atoms with Crippen LogP contribution in [0, 0.1) is 0 Å². The Morgan fingerprint density at radius 1 is 0.925 bits per heavy atom. The monoisotopic (exact) mass is 568 g/mol. The molecule has 2 aromatic carbocycles. The third-order valence-corrected chi connectivity index (χ3v) is 5.69. The minimum absolute atomic E-state index is 0.0482. The Labute approximate surface area is 223 Å². The van der Waals surface area contributed by atoms with E-state index in [1.807, 2.05) is 0 Å². The van der Waals surface area contributed by atoms with Crippen molar-refractivity contribution >= 4 is 17.1 Å². The van der Waals surface area contributed by atoms with Gasteiger partial charge in [-0.25, -0.2) is 9.97 Å². The fourth-order valence-corrected chi connectivity index (χ4v) is 3.97. The highest BCUT2D eigenvalue weighted by atomic mass is 19.4. The molecular weight excluding hydrogens is 546 g/mol. The molecule has 0 aliphatic carbocycles. The molecule has 0 radical (unpaired) electrons. The summed E-state index contributed by atoms with van der Waals surface area (Å²) in [6.45, 7) is -0.288. The summed E-state index contributed by atoms with van der Waals surface area (Å²) < 4.78 is 84.0. The Morgan fingerprint density at radius 3 is 2.10 bits per heavy atom. The average molecular weight is 568 g/mol. The van der Waals surface area contributed by atoms with Gasteiger partial charge in [0, 0.05) is 19.0 Å². The van der Waals surface area contributed by atoms with E-state index >= 15 is 0 Å². The number of fused-ring (bicyclic) bond motifs is 1. The smallest absolute Gasteiger partial charge is 0.406 e. The molecule has 0 aliphatic rings. The van der Waals surface area contributed by atoms with Gasteiger partial charge in [0.05, 0.1) is 19.2 Å². The third-order valence-electron chi connectivity index (χ3n) is 5.69. The topological polar surface area (TPSA) is 98.5 Å². The number of aliphatic hydroxyl groups is 1. The highest BCUT2D eigenvalue weighted by Crippen LogP contribution is 2.26. The number of alkyl halides is 6. The van der Waals surface area contributed by atoms with Crippen LogP contribution in [0.5, 0.6) is 11.5 Å². The molecule has 0 saturated heterocycles. The normalized spacial score (nSPS) is 12.8. The number of benzene rings is 2. The zero-order valence-corrected chi connectivity index (χ0v) is 20.5. The van der Waals surface area contributed by atoms with Crippen LogP contribution in [0.3, 0.4) is 0 Å². The van der Waals surface area contributed by atoms with Crippen LogP contribution >= 0.6 is 0 Å². The molecule has 0 spiro atoms. The summed E-state index contributed by atoms with van der Waals surface area (Å²) in [5, 5.41) is 12.4. The van der Waals surface area contributed by atoms with Gasteiger partial charge < -0.3 is 24.5 Å². The van der Waals surface area contributed by atoms with Crippen molar-refractivity contribution < 1.29 is 45.7 Å². The van der Waals surface area contributed by atoms with Crippen molar-refractivity contribution in [2.24, 2.45) is 0 Å². The maximum Gasteiger partial charge on any atom is 0.573 e. The molecule has 0 bridgehead atoms. The number of carbonyl (C=O) groups is 1. The molecule has 8 nitrogen and oxygen atoms in total. The zero-order valence-electron chi connectivity index (χ0n) is 20.5. The summed E-state index contributed by atoms with van der Waals surface area (Å²) in [5.74, 6) is -0.749. The Bertz CT molecular complexity index is 1440. The number of hydrogen-bond donors (Lipinski definition) is 2. The Balaban J connectivity index is 1.43. The summed E-state index contributed by atoms with van der Waals surface area (Å²) in [4.78, 5) is 21.6. The number of rotatable bonds is 10. The van der Waals surface area contributed by atoms with E-state index in [1.165, 1.54) is 36.4 Å². The predicted molar refractivity (Wildman–Crippen MR) is 129 cm³/mol. The number of nitrogens with zero attached hydrogens (tertiary/aromatic N) is 3. The van der Waals surface area contributed by atoms with E-state index in [1.54, 1.807) is 22.9 Å². The van der Waals surface area contributed by atoms with Gasteiger partial charge in [0.15, 0.2) is 5.65 Å². The highest BCUT2D eigenvalue weighted by Gasteiger charge is 2.31. The molecule has 2 aromatic heterocycles. The summed E-state index contributed by atoms with van der Waals surface area (Å²) in [6.07, 6.45) is -7.97. The molecule has 4 aromatic rings. The largest absolute Gasteiger partial charge is 0.573 e. The number of imidazole rings is 1. The van der Waals surface area contributed by atoms with Crippen molar-refractivity contribution in [3.63, 3.8) is 0 Å². The first-order chi connectivity index (χ1) is 18.9. The second-order valence-corrected chi connectivity index (χ2v) is 8.57. The van der Waals surface area contributed by atoms with E-state index in [2.05, 4.69) is 24.8 Å². The van der Waals surface area contributed by atoms with Crippen LogP contribution in [0.25, 0.3) is 11.2 Å². The number of aliphatic hydroxyl groups excluding tert-OH is 1. The molecule has 0 fully saturated rings. The van der Waals surface area contributed by atoms with E-state index in [9.17, 15) is 36.2 Å². The Hall–Kier alpha value is -4.33. The van der Waals surface area contributed by atoms with Crippen molar-refractivity contribution in [1.82, 2.24) is 19.9 Å². The molecule has 1 atom stereocenters. The van der Waals surface area contributed by atoms with Gasteiger partial charge in [0.2, 0.25) is 5.91 Å². The lowest BCUT2D eigenvalue weighted by molar-refractivity contribution is -0.275. The first-order valence-corrected chi connectivity index (χ1v) is 11.8. The number of pyridine rings is 1. The van der Waals surface area contributed by atoms with Crippen LogP contribution in [0.1, 0.15) is 29.4 Å². The van der Waals surface area contributed by atoms with Crippen LogP contribution in [0.4, 0.5) is 26.3 Å². The van der Waals surface area contributed by atoms with Crippen LogP contribution in [-0.2, 0) is 17.8 Å². The van der Waals surface area contributed by atoms with Crippen molar-refractivity contribution in [3.05, 3.63) is 83.8 Å². The molecule has 4 rings (SSSR count). The first kappa shape index (κ1) is 28.7. The van der Waals surface area contributed by atoms with Crippen LogP contribution < -0.4 is 14.8 Å². The predicted octanol–water partition coefficient (Wildman–Crippen LogP) is 5.06. The number of amides is 1. The molecule has 0 aliphatic heterocycles. The molecule has 212 valence electrons. The number of aryl methyl sites for hydroxylation is 1. The van der Waals surface area contributed by atoms with Crippen LogP contribution in [0.15, 0.2) is 66.9 Å². The lowest BCUT2D eigenvalue weighted by Gasteiger charge is -2.18. The van der Waals surface area contributed by atoms with Crippen molar-refractivity contribution in [1.29, 1.82) is 0 Å². The minimum atomic E-state index is -4.84. The molecule has 0 saturated carbocycles. The maximum absolute atomic E-state index is 12.7. The quantitative estimate of drug-likeness (QED) is 0.260. The first-order valence-electron chi connectivity index (χ1n) is 11.8. The number of hydrogen-bond acceptors (Lipinski definition) is 6. The molecule has 2 heterocycles. The Kier molecular flexibility index (Phi) is 8.47. The number of ether oxygens (including phenoxy) is 2. The second-order valence-electron chi connectivity index (χ2n) is 8.57. The summed E-state index contributed by atoms with van der Waals surface area (Å²) in [6, 6.07) is 12.7. The molecule has 1 amide bonds. The van der Waals surface area contributed by atoms with Crippen LogP contribution in [-0.4, -0.2) is 44.9 Å². The lowest BCUT2D eigenvalue weighted by Crippen LogP contribution is -2.31. The van der Waals surface area contributed by atoms with Crippen molar-refractivity contribution in [3.8, 4) is 11.5 Å². The summed E-state index contributed by atoms with van der Waals surface area (Å²) in [7, 11) is 0. The highest BCUT2D eigenvalue weighted by molar-refractivity contribution is 5.77. The van der Waals surface area contributed by atoms with E-state index in [0.29, 0.717) is 28.1 Å². The van der Waals surface area contributed by atoms with Gasteiger partial charge in [-0.3, -0.25) is 4.79 Å². The molecule has 1 unspecified atom stereocenters. The number of carbonyl (C=O) groups excluding carboxylic acids is 1. The van der Waals surface area contributed by atoms with Crippen molar-refractivity contribution in [2.75, 3.05) is 6.61 Å².